The molecule has 0 aliphatic carbocycles. The van der Waals surface area contributed by atoms with Crippen LogP contribution >= 0.6 is 0 Å². The number of carbonyl (C=O) groups is 2. The molecular weight excluding hydrogens is 394 g/mol. The van der Waals surface area contributed by atoms with Gasteiger partial charge in [-0.1, -0.05) is 24.3 Å². The average molecular weight is 426 g/mol. The highest BCUT2D eigenvalue weighted by molar-refractivity contribution is 5.88. The molecule has 7 nitrogen and oxygen atoms in total. The van der Waals surface area contributed by atoms with E-state index in [1.54, 1.807) is 14.2 Å². The zero-order valence-corrected chi connectivity index (χ0v) is 18.1. The maximum Gasteiger partial charge on any atom is 0.225 e. The third-order valence-corrected chi connectivity index (χ3v) is 5.63. The van der Waals surface area contributed by atoms with E-state index in [2.05, 4.69) is 16.0 Å². The number of carbonyl (C=O) groups excluding carboxylic acids is 2. The number of hydrogen-bond donors (Lipinski definition) is 3. The molecule has 0 spiro atoms. The van der Waals surface area contributed by atoms with Gasteiger partial charge in [0.15, 0.2) is 0 Å². The Morgan fingerprint density at radius 3 is 1.52 bits per heavy atom. The molecule has 0 bridgehead atoms. The normalized spacial score (nSPS) is 17.7. The number of rotatable bonds is 10. The maximum atomic E-state index is 12.6. The van der Waals surface area contributed by atoms with Crippen molar-refractivity contribution < 1.29 is 19.1 Å². The van der Waals surface area contributed by atoms with Crippen molar-refractivity contribution in [2.24, 2.45) is 11.8 Å². The van der Waals surface area contributed by atoms with Crippen molar-refractivity contribution >= 4 is 11.8 Å². The fourth-order valence-electron chi connectivity index (χ4n) is 3.74. The Labute approximate surface area is 183 Å². The second kappa shape index (κ2) is 11.4. The summed E-state index contributed by atoms with van der Waals surface area (Å²) in [6.45, 7) is 2.11. The molecule has 2 amide bonds. The summed E-state index contributed by atoms with van der Waals surface area (Å²) in [6, 6.07) is 15.6. The summed E-state index contributed by atoms with van der Waals surface area (Å²) in [5, 5.41) is 9.13. The Bertz CT molecular complexity index is 781. The molecule has 1 aliphatic rings. The van der Waals surface area contributed by atoms with Gasteiger partial charge >= 0.3 is 0 Å². The Hall–Kier alpha value is -3.06. The molecule has 166 valence electrons. The minimum Gasteiger partial charge on any atom is -0.497 e. The second-order valence-electron chi connectivity index (χ2n) is 7.65. The lowest BCUT2D eigenvalue weighted by Gasteiger charge is -2.18. The molecule has 3 N–H and O–H groups in total. The molecule has 2 aromatic carbocycles. The smallest absolute Gasteiger partial charge is 0.225 e. The van der Waals surface area contributed by atoms with E-state index in [-0.39, 0.29) is 23.7 Å². The minimum absolute atomic E-state index is 0.0752. The van der Waals surface area contributed by atoms with E-state index in [0.29, 0.717) is 26.2 Å². The van der Waals surface area contributed by atoms with Crippen molar-refractivity contribution in [1.29, 1.82) is 0 Å². The molecule has 7 heteroatoms. The lowest BCUT2D eigenvalue weighted by Crippen LogP contribution is -2.42. The quantitative estimate of drug-likeness (QED) is 0.538. The Morgan fingerprint density at radius 1 is 0.774 bits per heavy atom. The molecule has 0 saturated carbocycles. The van der Waals surface area contributed by atoms with Crippen LogP contribution in [0.4, 0.5) is 0 Å². The molecule has 0 unspecified atom stereocenters. The highest BCUT2D eigenvalue weighted by atomic mass is 16.5. The van der Waals surface area contributed by atoms with Crippen LogP contribution < -0.4 is 25.4 Å². The Balaban J connectivity index is 1.41. The van der Waals surface area contributed by atoms with E-state index in [1.165, 1.54) is 0 Å². The number of nitrogens with one attached hydrogen (secondary N) is 3. The van der Waals surface area contributed by atoms with Gasteiger partial charge in [0.05, 0.1) is 26.1 Å². The first kappa shape index (κ1) is 22.6. The van der Waals surface area contributed by atoms with Gasteiger partial charge in [0.2, 0.25) is 11.8 Å². The molecule has 1 heterocycles. The zero-order chi connectivity index (χ0) is 22.1. The van der Waals surface area contributed by atoms with Gasteiger partial charge in [0.25, 0.3) is 0 Å². The van der Waals surface area contributed by atoms with Crippen LogP contribution in [0.15, 0.2) is 48.5 Å². The highest BCUT2D eigenvalue weighted by Crippen LogP contribution is 2.18. The van der Waals surface area contributed by atoms with Crippen molar-refractivity contribution in [2.45, 2.75) is 12.8 Å². The fourth-order valence-corrected chi connectivity index (χ4v) is 3.74. The minimum atomic E-state index is -0.350. The fraction of sp³-hybridized carbons (Fsp3) is 0.417. The van der Waals surface area contributed by atoms with Crippen LogP contribution in [0.1, 0.15) is 11.1 Å². The SMILES string of the molecule is COc1ccc(CCNC(=O)[C@@H]2CNC[C@H]2C(=O)NCCc2ccc(OC)cc2)cc1. The van der Waals surface area contributed by atoms with E-state index >= 15 is 0 Å². The standard InChI is InChI=1S/C24H31N3O4/c1-30-19-7-3-17(4-8-19)11-13-26-23(28)21-15-25-16-22(21)24(29)27-14-12-18-5-9-20(31-2)10-6-18/h3-10,21-22,25H,11-16H2,1-2H3,(H,26,28)(H,27,29)/t21-,22-/m1/s1. The number of ether oxygens (including phenoxy) is 2. The van der Waals surface area contributed by atoms with E-state index in [0.717, 1.165) is 35.5 Å². The van der Waals surface area contributed by atoms with E-state index < -0.39 is 0 Å². The van der Waals surface area contributed by atoms with Gasteiger partial charge in [0.1, 0.15) is 11.5 Å². The highest BCUT2D eigenvalue weighted by Gasteiger charge is 2.37. The maximum absolute atomic E-state index is 12.6. The van der Waals surface area contributed by atoms with Crippen molar-refractivity contribution in [3.05, 3.63) is 59.7 Å². The topological polar surface area (TPSA) is 88.7 Å². The number of benzene rings is 2. The summed E-state index contributed by atoms with van der Waals surface area (Å²) in [5.41, 5.74) is 2.25. The average Bonchev–Trinajstić information content (AvgIpc) is 3.30. The van der Waals surface area contributed by atoms with Crippen LogP contribution in [0.2, 0.25) is 0 Å². The van der Waals surface area contributed by atoms with Gasteiger partial charge in [-0.25, -0.2) is 0 Å². The number of hydrogen-bond acceptors (Lipinski definition) is 5. The monoisotopic (exact) mass is 425 g/mol. The molecule has 2 atom stereocenters. The van der Waals surface area contributed by atoms with Gasteiger partial charge in [-0.3, -0.25) is 9.59 Å². The number of amides is 2. The van der Waals surface area contributed by atoms with Crippen molar-refractivity contribution in [2.75, 3.05) is 40.4 Å². The summed E-state index contributed by atoms with van der Waals surface area (Å²) >= 11 is 0. The van der Waals surface area contributed by atoms with Crippen molar-refractivity contribution in [1.82, 2.24) is 16.0 Å². The predicted octanol–water partition coefficient (Wildman–Crippen LogP) is 1.56. The largest absolute Gasteiger partial charge is 0.497 e. The summed E-state index contributed by atoms with van der Waals surface area (Å²) in [7, 11) is 3.27. The van der Waals surface area contributed by atoms with E-state index in [9.17, 15) is 9.59 Å². The van der Waals surface area contributed by atoms with Crippen molar-refractivity contribution in [3.8, 4) is 11.5 Å². The molecule has 0 aromatic heterocycles. The summed E-state index contributed by atoms with van der Waals surface area (Å²) in [6.07, 6.45) is 1.46. The van der Waals surface area contributed by atoms with Gasteiger partial charge in [0, 0.05) is 26.2 Å². The van der Waals surface area contributed by atoms with Gasteiger partial charge in [-0.15, -0.1) is 0 Å². The van der Waals surface area contributed by atoms with Gasteiger partial charge in [-0.05, 0) is 48.2 Å². The molecule has 1 saturated heterocycles. The molecule has 3 rings (SSSR count). The number of methoxy groups -OCH3 is 2. The third kappa shape index (κ3) is 6.46. The summed E-state index contributed by atoms with van der Waals surface area (Å²) in [5.74, 6) is 0.771. The Morgan fingerprint density at radius 2 is 1.16 bits per heavy atom. The molecule has 1 aliphatic heterocycles. The Kier molecular flexibility index (Phi) is 8.29. The molecule has 2 aromatic rings. The van der Waals surface area contributed by atoms with Crippen LogP contribution in [-0.4, -0.2) is 52.2 Å². The lowest BCUT2D eigenvalue weighted by molar-refractivity contribution is -0.132. The van der Waals surface area contributed by atoms with Crippen LogP contribution in [0.5, 0.6) is 11.5 Å². The first-order valence-electron chi connectivity index (χ1n) is 10.6. The van der Waals surface area contributed by atoms with Gasteiger partial charge < -0.3 is 25.4 Å². The van der Waals surface area contributed by atoms with Crippen LogP contribution in [0, 0.1) is 11.8 Å². The second-order valence-corrected chi connectivity index (χ2v) is 7.65. The van der Waals surface area contributed by atoms with Gasteiger partial charge in [-0.2, -0.15) is 0 Å². The predicted molar refractivity (Wildman–Crippen MR) is 119 cm³/mol. The van der Waals surface area contributed by atoms with Crippen molar-refractivity contribution in [3.63, 3.8) is 0 Å². The van der Waals surface area contributed by atoms with Crippen LogP contribution in [0.3, 0.4) is 0 Å². The molecule has 31 heavy (non-hydrogen) atoms. The van der Waals surface area contributed by atoms with Crippen LogP contribution in [-0.2, 0) is 22.4 Å². The first-order valence-corrected chi connectivity index (χ1v) is 10.6. The molecule has 1 fully saturated rings. The lowest BCUT2D eigenvalue weighted by atomic mass is 9.94. The molecule has 0 radical (unpaired) electrons. The summed E-state index contributed by atoms with van der Waals surface area (Å²) < 4.78 is 10.3. The van der Waals surface area contributed by atoms with Crippen LogP contribution in [0.25, 0.3) is 0 Å². The van der Waals surface area contributed by atoms with E-state index in [4.69, 9.17) is 9.47 Å². The molecular formula is C24H31N3O4. The first-order chi connectivity index (χ1) is 15.1. The van der Waals surface area contributed by atoms with E-state index in [1.807, 2.05) is 48.5 Å². The summed E-state index contributed by atoms with van der Waals surface area (Å²) in [4.78, 5) is 25.3. The third-order valence-electron chi connectivity index (χ3n) is 5.63. The zero-order valence-electron chi connectivity index (χ0n) is 18.1.